The minimum Gasteiger partial charge on any atom is -0.462 e. The molecule has 0 saturated carbocycles. The lowest BCUT2D eigenvalue weighted by atomic mass is 10.0. The van der Waals surface area contributed by atoms with Crippen molar-refractivity contribution in [3.05, 3.63) is 48.6 Å². The molecule has 0 aliphatic rings. The summed E-state index contributed by atoms with van der Waals surface area (Å²) in [6.07, 6.45) is 77.1. The van der Waals surface area contributed by atoms with Crippen LogP contribution in [-0.2, 0) is 28.6 Å². The van der Waals surface area contributed by atoms with Crippen molar-refractivity contribution in [2.45, 2.75) is 348 Å². The van der Waals surface area contributed by atoms with Crippen LogP contribution in [0.25, 0.3) is 0 Å². The van der Waals surface area contributed by atoms with Gasteiger partial charge in [0.05, 0.1) is 0 Å². The van der Waals surface area contributed by atoms with Gasteiger partial charge in [0.2, 0.25) is 0 Å². The van der Waals surface area contributed by atoms with Gasteiger partial charge in [0.25, 0.3) is 0 Å². The van der Waals surface area contributed by atoms with Crippen molar-refractivity contribution >= 4 is 17.9 Å². The number of esters is 3. The second kappa shape index (κ2) is 61.9. The minimum atomic E-state index is -0.785. The molecule has 1 atom stereocenters. The molecule has 0 rings (SSSR count). The zero-order valence-electron chi connectivity index (χ0n) is 48.9. The molecule has 0 aromatic rings. The molecule has 0 N–H and O–H groups in total. The molecule has 6 nitrogen and oxygen atoms in total. The Balaban J connectivity index is 4.16. The second-order valence-electron chi connectivity index (χ2n) is 21.7. The van der Waals surface area contributed by atoms with Crippen molar-refractivity contribution in [3.8, 4) is 0 Å². The highest BCUT2D eigenvalue weighted by Gasteiger charge is 2.19. The summed E-state index contributed by atoms with van der Waals surface area (Å²) in [5, 5.41) is 0. The molecule has 6 heteroatoms. The lowest BCUT2D eigenvalue weighted by Crippen LogP contribution is -2.30. The molecule has 426 valence electrons. The summed E-state index contributed by atoms with van der Waals surface area (Å²) in [6, 6.07) is 0. The second-order valence-corrected chi connectivity index (χ2v) is 21.7. The minimum absolute atomic E-state index is 0.0804. The quantitative estimate of drug-likeness (QED) is 0.0261. The van der Waals surface area contributed by atoms with Gasteiger partial charge in [-0.2, -0.15) is 0 Å². The molecule has 0 radical (unpaired) electrons. The summed E-state index contributed by atoms with van der Waals surface area (Å²) < 4.78 is 16.9. The SMILES string of the molecule is CCC/C=C\C/C=C\CCCCCCCC(=O)OCC(COC(=O)CCCCCCCCCCCCCCCCCCCCCCCCCCCCCC)OC(=O)CCCCCCC/C=C\C/C=C\CCCC. The molecule has 0 heterocycles. The Labute approximate surface area is 454 Å². The van der Waals surface area contributed by atoms with Crippen LogP contribution in [0, 0.1) is 0 Å². The van der Waals surface area contributed by atoms with Crippen LogP contribution in [0.5, 0.6) is 0 Å². The van der Waals surface area contributed by atoms with Crippen molar-refractivity contribution < 1.29 is 28.6 Å². The van der Waals surface area contributed by atoms with E-state index in [1.165, 1.54) is 193 Å². The predicted molar refractivity (Wildman–Crippen MR) is 316 cm³/mol. The number of carbonyl (C=O) groups excluding carboxylic acids is 3. The third kappa shape index (κ3) is 60.1. The van der Waals surface area contributed by atoms with Gasteiger partial charge in [0.1, 0.15) is 13.2 Å². The number of rotatable bonds is 59. The number of carbonyl (C=O) groups is 3. The molecule has 1 unspecified atom stereocenters. The lowest BCUT2D eigenvalue weighted by molar-refractivity contribution is -0.167. The third-order valence-electron chi connectivity index (χ3n) is 14.3. The Kier molecular flexibility index (Phi) is 59.7. The third-order valence-corrected chi connectivity index (χ3v) is 14.3. The van der Waals surface area contributed by atoms with Gasteiger partial charge in [-0.25, -0.2) is 0 Å². The van der Waals surface area contributed by atoms with E-state index >= 15 is 0 Å². The van der Waals surface area contributed by atoms with Gasteiger partial charge in [-0.15, -0.1) is 0 Å². The molecule has 0 saturated heterocycles. The fourth-order valence-electron chi connectivity index (χ4n) is 9.44. The van der Waals surface area contributed by atoms with Crippen LogP contribution in [-0.4, -0.2) is 37.2 Å². The Morgan fingerprint density at radius 3 is 0.849 bits per heavy atom. The van der Waals surface area contributed by atoms with E-state index in [1.807, 2.05) is 0 Å². The highest BCUT2D eigenvalue weighted by molar-refractivity contribution is 5.71. The van der Waals surface area contributed by atoms with Crippen molar-refractivity contribution in [1.29, 1.82) is 0 Å². The molecule has 0 aliphatic heterocycles. The van der Waals surface area contributed by atoms with E-state index in [4.69, 9.17) is 14.2 Å². The lowest BCUT2D eigenvalue weighted by Gasteiger charge is -2.18. The zero-order valence-corrected chi connectivity index (χ0v) is 48.9. The summed E-state index contributed by atoms with van der Waals surface area (Å²) in [5.74, 6) is -0.893. The molecule has 73 heavy (non-hydrogen) atoms. The van der Waals surface area contributed by atoms with Crippen molar-refractivity contribution in [2.24, 2.45) is 0 Å². The number of hydrogen-bond acceptors (Lipinski definition) is 6. The van der Waals surface area contributed by atoms with E-state index in [9.17, 15) is 14.4 Å². The average molecular weight is 1020 g/mol. The van der Waals surface area contributed by atoms with Crippen molar-refractivity contribution in [3.63, 3.8) is 0 Å². The molecule has 0 aromatic heterocycles. The Morgan fingerprint density at radius 1 is 0.274 bits per heavy atom. The summed E-state index contributed by atoms with van der Waals surface area (Å²) in [6.45, 7) is 6.56. The topological polar surface area (TPSA) is 78.9 Å². The summed E-state index contributed by atoms with van der Waals surface area (Å²) in [5.41, 5.74) is 0. The molecule has 0 amide bonds. The van der Waals surface area contributed by atoms with E-state index in [-0.39, 0.29) is 31.1 Å². The largest absolute Gasteiger partial charge is 0.462 e. The van der Waals surface area contributed by atoms with E-state index in [1.54, 1.807) is 0 Å². The molecular formula is C67H122O6. The smallest absolute Gasteiger partial charge is 0.306 e. The molecule has 0 aromatic carbocycles. The standard InChI is InChI=1S/C67H122O6/c1-4-7-10-13-16-19-22-25-27-28-29-30-31-32-33-34-35-36-37-38-39-40-43-45-48-51-54-57-60-66(69)72-63-64(62-71-65(68)59-56-53-50-47-44-41-24-21-18-15-12-9-6-3)73-67(70)61-58-55-52-49-46-42-26-23-20-17-14-11-8-5-2/h12,14-15,17,21,23-24,26,64H,4-11,13,16,18-20,22,25,27-63H2,1-3H3/b15-12-,17-14-,24-21-,26-23-. The van der Waals surface area contributed by atoms with Gasteiger partial charge in [0.15, 0.2) is 6.10 Å². The van der Waals surface area contributed by atoms with Crippen LogP contribution < -0.4 is 0 Å². The molecular weight excluding hydrogens is 901 g/mol. The monoisotopic (exact) mass is 1020 g/mol. The molecule has 0 fully saturated rings. The Morgan fingerprint density at radius 2 is 0.534 bits per heavy atom. The maximum absolute atomic E-state index is 12.9. The number of allylic oxidation sites excluding steroid dienone is 8. The number of ether oxygens (including phenoxy) is 3. The average Bonchev–Trinajstić information content (AvgIpc) is 3.39. The summed E-state index contributed by atoms with van der Waals surface area (Å²) in [4.78, 5) is 38.2. The zero-order chi connectivity index (χ0) is 52.9. The van der Waals surface area contributed by atoms with E-state index < -0.39 is 6.10 Å². The molecule has 0 aliphatic carbocycles. The maximum atomic E-state index is 12.9. The van der Waals surface area contributed by atoms with Crippen molar-refractivity contribution in [2.75, 3.05) is 13.2 Å². The predicted octanol–water partition coefficient (Wildman–Crippen LogP) is 21.8. The first-order valence-corrected chi connectivity index (χ1v) is 32.1. The fraction of sp³-hybridized carbons (Fsp3) is 0.836. The van der Waals surface area contributed by atoms with Crippen LogP contribution in [0.1, 0.15) is 342 Å². The first kappa shape index (κ1) is 70.4. The number of unbranched alkanes of at least 4 members (excludes halogenated alkanes) is 40. The molecule has 0 spiro atoms. The van der Waals surface area contributed by atoms with Crippen LogP contribution in [0.3, 0.4) is 0 Å². The fourth-order valence-corrected chi connectivity index (χ4v) is 9.44. The molecule has 0 bridgehead atoms. The normalized spacial score (nSPS) is 12.3. The van der Waals surface area contributed by atoms with E-state index in [0.717, 1.165) is 109 Å². The van der Waals surface area contributed by atoms with Crippen molar-refractivity contribution in [1.82, 2.24) is 0 Å². The Bertz CT molecular complexity index is 1270. The van der Waals surface area contributed by atoms with Gasteiger partial charge in [-0.3, -0.25) is 14.4 Å². The Hall–Kier alpha value is -2.63. The van der Waals surface area contributed by atoms with Crippen LogP contribution >= 0.6 is 0 Å². The first-order chi connectivity index (χ1) is 36.0. The van der Waals surface area contributed by atoms with Gasteiger partial charge in [0, 0.05) is 19.3 Å². The summed E-state index contributed by atoms with van der Waals surface area (Å²) in [7, 11) is 0. The van der Waals surface area contributed by atoms with Gasteiger partial charge in [-0.05, 0) is 70.6 Å². The van der Waals surface area contributed by atoms with E-state index in [0.29, 0.717) is 19.3 Å². The van der Waals surface area contributed by atoms with Crippen LogP contribution in [0.2, 0.25) is 0 Å². The maximum Gasteiger partial charge on any atom is 0.306 e. The van der Waals surface area contributed by atoms with Crippen LogP contribution in [0.4, 0.5) is 0 Å². The first-order valence-electron chi connectivity index (χ1n) is 32.1. The van der Waals surface area contributed by atoms with Gasteiger partial charge < -0.3 is 14.2 Å². The van der Waals surface area contributed by atoms with Gasteiger partial charge in [-0.1, -0.05) is 301 Å². The van der Waals surface area contributed by atoms with Gasteiger partial charge >= 0.3 is 17.9 Å². The van der Waals surface area contributed by atoms with E-state index in [2.05, 4.69) is 69.4 Å². The summed E-state index contributed by atoms with van der Waals surface area (Å²) >= 11 is 0. The van der Waals surface area contributed by atoms with Crippen LogP contribution in [0.15, 0.2) is 48.6 Å². The number of hydrogen-bond donors (Lipinski definition) is 0. The highest BCUT2D eigenvalue weighted by Crippen LogP contribution is 2.18. The highest BCUT2D eigenvalue weighted by atomic mass is 16.6.